The minimum atomic E-state index is -0.152. The lowest BCUT2D eigenvalue weighted by Gasteiger charge is -2.28. The van der Waals surface area contributed by atoms with Crippen LogP contribution in [0.15, 0.2) is 42.2 Å². The van der Waals surface area contributed by atoms with Crippen molar-refractivity contribution in [1.82, 2.24) is 14.9 Å². The van der Waals surface area contributed by atoms with Gasteiger partial charge in [0.2, 0.25) is 5.88 Å². The lowest BCUT2D eigenvalue weighted by molar-refractivity contribution is 0.207. The lowest BCUT2D eigenvalue weighted by atomic mass is 10.0. The zero-order valence-corrected chi connectivity index (χ0v) is 18.0. The van der Waals surface area contributed by atoms with Crippen LogP contribution in [0.25, 0.3) is 6.08 Å². The number of nitrogens with zero attached hydrogens (tertiary/aromatic N) is 3. The predicted molar refractivity (Wildman–Crippen MR) is 120 cm³/mol. The number of benzene rings is 1. The van der Waals surface area contributed by atoms with Gasteiger partial charge in [0.1, 0.15) is 5.75 Å². The Hall–Kier alpha value is -3.09. The molecule has 7 nitrogen and oxygen atoms in total. The van der Waals surface area contributed by atoms with E-state index in [-0.39, 0.29) is 6.03 Å². The van der Waals surface area contributed by atoms with Crippen molar-refractivity contribution in [1.29, 1.82) is 0 Å². The molecule has 1 aliphatic heterocycles. The second-order valence-corrected chi connectivity index (χ2v) is 8.20. The molecule has 1 saturated carbocycles. The van der Waals surface area contributed by atoms with E-state index < -0.39 is 0 Å². The molecule has 1 N–H and O–H groups in total. The molecule has 0 bridgehead atoms. The summed E-state index contributed by atoms with van der Waals surface area (Å²) in [6.45, 7) is 2.18. The Morgan fingerprint density at radius 2 is 2.00 bits per heavy atom. The standard InChI is InChI=1S/C24H30N4O3/c1-30-23-16-25-22(15-26-23)27-24(29)28-11-9-18(10-12-28)13-20-7-4-8-21(14-20)31-17-19-5-2-3-6-19/h4,7-8,13-16,19H,2-3,5-6,9-12,17H2,1H3,(H,25,27,29). The van der Waals surface area contributed by atoms with Crippen LogP contribution in [0.3, 0.4) is 0 Å². The number of carbonyl (C=O) groups excluding carboxylic acids is 1. The Kier molecular flexibility index (Phi) is 7.02. The minimum Gasteiger partial charge on any atom is -0.493 e. The number of hydrogen-bond acceptors (Lipinski definition) is 5. The number of piperidine rings is 1. The van der Waals surface area contributed by atoms with Gasteiger partial charge in [-0.25, -0.2) is 14.8 Å². The van der Waals surface area contributed by atoms with Gasteiger partial charge >= 0.3 is 6.03 Å². The van der Waals surface area contributed by atoms with Crippen LogP contribution in [0.2, 0.25) is 0 Å². The van der Waals surface area contributed by atoms with Gasteiger partial charge in [-0.1, -0.05) is 36.6 Å². The molecule has 2 amide bonds. The summed E-state index contributed by atoms with van der Waals surface area (Å²) in [6.07, 6.45) is 12.2. The van der Waals surface area contributed by atoms with Crippen molar-refractivity contribution in [3.05, 3.63) is 47.8 Å². The highest BCUT2D eigenvalue weighted by Gasteiger charge is 2.20. The monoisotopic (exact) mass is 422 g/mol. The van der Waals surface area contributed by atoms with E-state index in [0.29, 0.717) is 30.7 Å². The molecule has 1 aromatic carbocycles. The third-order valence-corrected chi connectivity index (χ3v) is 5.95. The number of carbonyl (C=O) groups is 1. The summed E-state index contributed by atoms with van der Waals surface area (Å²) in [5, 5.41) is 2.79. The SMILES string of the molecule is COc1cnc(NC(=O)N2CCC(=Cc3cccc(OCC4CCCC4)c3)CC2)cn1. The molecule has 0 spiro atoms. The molecule has 0 radical (unpaired) electrons. The average Bonchev–Trinajstić information content (AvgIpc) is 3.33. The maximum absolute atomic E-state index is 12.5. The van der Waals surface area contributed by atoms with E-state index in [0.717, 1.165) is 30.8 Å². The Bertz CT molecular complexity index is 897. The number of methoxy groups -OCH3 is 1. The van der Waals surface area contributed by atoms with Gasteiger partial charge in [-0.05, 0) is 49.3 Å². The predicted octanol–water partition coefficient (Wildman–Crippen LogP) is 4.77. The van der Waals surface area contributed by atoms with Crippen LogP contribution < -0.4 is 14.8 Å². The highest BCUT2D eigenvalue weighted by atomic mass is 16.5. The van der Waals surface area contributed by atoms with Crippen molar-refractivity contribution in [3.63, 3.8) is 0 Å². The molecular weight excluding hydrogens is 392 g/mol. The second-order valence-electron chi connectivity index (χ2n) is 8.20. The molecule has 0 unspecified atom stereocenters. The minimum absolute atomic E-state index is 0.152. The number of rotatable bonds is 6. The van der Waals surface area contributed by atoms with E-state index in [1.54, 1.807) is 0 Å². The maximum atomic E-state index is 12.5. The Labute approximate surface area is 183 Å². The van der Waals surface area contributed by atoms with Gasteiger partial charge in [-0.2, -0.15) is 0 Å². The summed E-state index contributed by atoms with van der Waals surface area (Å²) in [6, 6.07) is 8.15. The molecule has 7 heteroatoms. The zero-order chi connectivity index (χ0) is 21.5. The van der Waals surface area contributed by atoms with E-state index in [4.69, 9.17) is 9.47 Å². The van der Waals surface area contributed by atoms with Crippen molar-refractivity contribution in [2.24, 2.45) is 5.92 Å². The zero-order valence-electron chi connectivity index (χ0n) is 18.0. The van der Waals surface area contributed by atoms with Gasteiger partial charge in [0.25, 0.3) is 0 Å². The van der Waals surface area contributed by atoms with Crippen molar-refractivity contribution in [2.45, 2.75) is 38.5 Å². The summed E-state index contributed by atoms with van der Waals surface area (Å²) in [7, 11) is 1.53. The molecule has 1 saturated heterocycles. The first kappa shape index (κ1) is 21.2. The smallest absolute Gasteiger partial charge is 0.323 e. The number of amides is 2. The molecule has 0 atom stereocenters. The molecule has 4 rings (SSSR count). The topological polar surface area (TPSA) is 76.6 Å². The van der Waals surface area contributed by atoms with Crippen LogP contribution in [0, 0.1) is 5.92 Å². The number of anilines is 1. The fourth-order valence-corrected chi connectivity index (χ4v) is 4.14. The Morgan fingerprint density at radius 1 is 1.19 bits per heavy atom. The second kappa shape index (κ2) is 10.3. The number of hydrogen-bond donors (Lipinski definition) is 1. The number of nitrogens with one attached hydrogen (secondary N) is 1. The first-order valence-electron chi connectivity index (χ1n) is 11.0. The Balaban J connectivity index is 1.27. The molecular formula is C24H30N4O3. The summed E-state index contributed by atoms with van der Waals surface area (Å²) >= 11 is 0. The largest absolute Gasteiger partial charge is 0.493 e. The highest BCUT2D eigenvalue weighted by molar-refractivity contribution is 5.88. The van der Waals surface area contributed by atoms with Crippen molar-refractivity contribution in [3.8, 4) is 11.6 Å². The summed E-state index contributed by atoms with van der Waals surface area (Å²) in [4.78, 5) is 22.5. The highest BCUT2D eigenvalue weighted by Crippen LogP contribution is 2.26. The van der Waals surface area contributed by atoms with Gasteiger partial charge < -0.3 is 14.4 Å². The maximum Gasteiger partial charge on any atom is 0.323 e. The number of aromatic nitrogens is 2. The van der Waals surface area contributed by atoms with Crippen molar-refractivity contribution >= 4 is 17.9 Å². The van der Waals surface area contributed by atoms with Crippen LogP contribution in [0.4, 0.5) is 10.6 Å². The van der Waals surface area contributed by atoms with Crippen LogP contribution in [0.5, 0.6) is 11.6 Å². The summed E-state index contributed by atoms with van der Waals surface area (Å²) in [5.41, 5.74) is 2.51. The Morgan fingerprint density at radius 3 is 2.71 bits per heavy atom. The lowest BCUT2D eigenvalue weighted by Crippen LogP contribution is -2.39. The van der Waals surface area contributed by atoms with E-state index in [9.17, 15) is 4.79 Å². The van der Waals surface area contributed by atoms with Crippen molar-refractivity contribution < 1.29 is 14.3 Å². The molecule has 31 heavy (non-hydrogen) atoms. The number of urea groups is 1. The van der Waals surface area contributed by atoms with Gasteiger partial charge in [0.05, 0.1) is 26.1 Å². The van der Waals surface area contributed by atoms with E-state index in [1.165, 1.54) is 50.8 Å². The molecule has 1 aromatic heterocycles. The van der Waals surface area contributed by atoms with Gasteiger partial charge in [-0.3, -0.25) is 5.32 Å². The van der Waals surface area contributed by atoms with Gasteiger partial charge in [0, 0.05) is 13.1 Å². The first-order valence-corrected chi connectivity index (χ1v) is 11.0. The van der Waals surface area contributed by atoms with E-state index >= 15 is 0 Å². The number of likely N-dealkylation sites (tertiary alicyclic amines) is 1. The van der Waals surface area contributed by atoms with Gasteiger partial charge in [-0.15, -0.1) is 0 Å². The van der Waals surface area contributed by atoms with Crippen LogP contribution >= 0.6 is 0 Å². The molecule has 2 heterocycles. The summed E-state index contributed by atoms with van der Waals surface area (Å²) in [5.74, 6) is 2.49. The van der Waals surface area contributed by atoms with Gasteiger partial charge in [0.15, 0.2) is 5.82 Å². The fourth-order valence-electron chi connectivity index (χ4n) is 4.14. The summed E-state index contributed by atoms with van der Waals surface area (Å²) < 4.78 is 11.0. The van der Waals surface area contributed by atoms with Crippen LogP contribution in [-0.2, 0) is 0 Å². The molecule has 1 aliphatic carbocycles. The fraction of sp³-hybridized carbons (Fsp3) is 0.458. The number of ether oxygens (including phenoxy) is 2. The third kappa shape index (κ3) is 5.96. The molecule has 2 aliphatic rings. The van der Waals surface area contributed by atoms with Crippen LogP contribution in [-0.4, -0.2) is 47.7 Å². The first-order chi connectivity index (χ1) is 15.2. The molecule has 2 fully saturated rings. The van der Waals surface area contributed by atoms with Crippen molar-refractivity contribution in [2.75, 3.05) is 32.1 Å². The quantitative estimate of drug-likeness (QED) is 0.726. The molecule has 2 aromatic rings. The van der Waals surface area contributed by atoms with Crippen LogP contribution in [0.1, 0.15) is 44.1 Å². The molecule has 164 valence electrons. The average molecular weight is 423 g/mol. The van der Waals surface area contributed by atoms with E-state index in [2.05, 4.69) is 39.6 Å². The van der Waals surface area contributed by atoms with E-state index in [1.807, 2.05) is 11.0 Å². The third-order valence-electron chi connectivity index (χ3n) is 5.95. The normalized spacial score (nSPS) is 16.8.